The third kappa shape index (κ3) is 5.05. The number of carbonyl (C=O) groups excluding carboxylic acids is 2. The number of hydrogen-bond donors (Lipinski definition) is 2. The minimum Gasteiger partial charge on any atom is -0.433 e. The van der Waals surface area contributed by atoms with Crippen molar-refractivity contribution in [2.24, 2.45) is 5.92 Å². The van der Waals surface area contributed by atoms with Gasteiger partial charge in [-0.15, -0.1) is 0 Å². The second-order valence-corrected chi connectivity index (χ2v) is 5.81. The Morgan fingerprint density at radius 2 is 2.23 bits per heavy atom. The highest BCUT2D eigenvalue weighted by Gasteiger charge is 2.28. The van der Waals surface area contributed by atoms with Crippen LogP contribution in [0.2, 0.25) is 0 Å². The second kappa shape index (κ2) is 8.99. The van der Waals surface area contributed by atoms with E-state index in [1.54, 1.807) is 0 Å². The maximum atomic E-state index is 12.5. The molecule has 2 N–H and O–H groups in total. The Morgan fingerprint density at radius 3 is 2.88 bits per heavy atom. The molecule has 0 aromatic heterocycles. The molecule has 0 spiro atoms. The van der Waals surface area contributed by atoms with E-state index < -0.39 is 12.6 Å². The van der Waals surface area contributed by atoms with Gasteiger partial charge >= 0.3 is 12.6 Å². The van der Waals surface area contributed by atoms with E-state index in [-0.39, 0.29) is 35.4 Å². The molecule has 7 nitrogen and oxygen atoms in total. The first kappa shape index (κ1) is 19.4. The Labute approximate surface area is 149 Å². The molecule has 0 bridgehead atoms. The standard InChI is InChI=1S/C17H20F2N4O3/c1-2-21-15(24)12-4-3-7-23(10-12)17(25)22-13-8-11(9-20)5-6-14(13)26-16(18)19/h5-6,8,12,16H,2-4,7,10H2,1H3,(H,21,24)(H,22,25). The van der Waals surface area contributed by atoms with Crippen molar-refractivity contribution in [2.45, 2.75) is 26.4 Å². The minimum absolute atomic E-state index is 0.0190. The monoisotopic (exact) mass is 366 g/mol. The van der Waals surface area contributed by atoms with Crippen LogP contribution >= 0.6 is 0 Å². The summed E-state index contributed by atoms with van der Waals surface area (Å²) in [5.41, 5.74) is 0.176. The van der Waals surface area contributed by atoms with Crippen molar-refractivity contribution in [3.63, 3.8) is 0 Å². The lowest BCUT2D eigenvalue weighted by molar-refractivity contribution is -0.126. The number of nitriles is 1. The zero-order valence-electron chi connectivity index (χ0n) is 14.3. The molecule has 9 heteroatoms. The molecule has 1 aliphatic heterocycles. The van der Waals surface area contributed by atoms with Gasteiger partial charge in [-0.25, -0.2) is 4.79 Å². The highest BCUT2D eigenvalue weighted by atomic mass is 19.3. The van der Waals surface area contributed by atoms with E-state index in [1.165, 1.54) is 23.1 Å². The molecule has 1 unspecified atom stereocenters. The maximum absolute atomic E-state index is 12.5. The molecule has 140 valence electrons. The van der Waals surface area contributed by atoms with Gasteiger partial charge in [0.2, 0.25) is 5.91 Å². The number of amides is 3. The van der Waals surface area contributed by atoms with Gasteiger partial charge in [-0.2, -0.15) is 14.0 Å². The van der Waals surface area contributed by atoms with Gasteiger partial charge in [0.15, 0.2) is 0 Å². The van der Waals surface area contributed by atoms with Crippen molar-refractivity contribution in [3.05, 3.63) is 23.8 Å². The molecule has 1 aromatic rings. The van der Waals surface area contributed by atoms with Crippen molar-refractivity contribution in [1.29, 1.82) is 5.26 Å². The van der Waals surface area contributed by atoms with E-state index >= 15 is 0 Å². The number of anilines is 1. The molecule has 1 saturated heterocycles. The first-order chi connectivity index (χ1) is 12.4. The number of nitrogens with zero attached hydrogens (tertiary/aromatic N) is 2. The zero-order chi connectivity index (χ0) is 19.1. The number of nitrogens with one attached hydrogen (secondary N) is 2. The predicted octanol–water partition coefficient (Wildman–Crippen LogP) is 2.54. The molecule has 26 heavy (non-hydrogen) atoms. The van der Waals surface area contributed by atoms with E-state index in [2.05, 4.69) is 15.4 Å². The Kier molecular flexibility index (Phi) is 6.72. The molecule has 1 atom stereocenters. The molecule has 1 heterocycles. The SMILES string of the molecule is CCNC(=O)C1CCCN(C(=O)Nc2cc(C#N)ccc2OC(F)F)C1. The van der Waals surface area contributed by atoms with Crippen LogP contribution in [0.25, 0.3) is 0 Å². The molecule has 3 amide bonds. The summed E-state index contributed by atoms with van der Waals surface area (Å²) >= 11 is 0. The lowest BCUT2D eigenvalue weighted by atomic mass is 9.97. The van der Waals surface area contributed by atoms with Crippen LogP contribution in [0.15, 0.2) is 18.2 Å². The number of carbonyl (C=O) groups is 2. The normalized spacial score (nSPS) is 16.7. The lowest BCUT2D eigenvalue weighted by Crippen LogP contribution is -2.46. The van der Waals surface area contributed by atoms with Crippen LogP contribution in [0.3, 0.4) is 0 Å². The lowest BCUT2D eigenvalue weighted by Gasteiger charge is -2.32. The fourth-order valence-corrected chi connectivity index (χ4v) is 2.78. The number of ether oxygens (including phenoxy) is 1. The average Bonchev–Trinajstić information content (AvgIpc) is 2.63. The molecule has 2 rings (SSSR count). The van der Waals surface area contributed by atoms with Gasteiger partial charge in [-0.05, 0) is 38.0 Å². The van der Waals surface area contributed by atoms with E-state index in [0.29, 0.717) is 25.9 Å². The second-order valence-electron chi connectivity index (χ2n) is 5.81. The van der Waals surface area contributed by atoms with Crippen LogP contribution < -0.4 is 15.4 Å². The van der Waals surface area contributed by atoms with Crippen LogP contribution in [-0.2, 0) is 4.79 Å². The van der Waals surface area contributed by atoms with Gasteiger partial charge < -0.3 is 20.3 Å². The summed E-state index contributed by atoms with van der Waals surface area (Å²) in [5, 5.41) is 14.2. The number of piperidine rings is 1. The number of urea groups is 1. The highest BCUT2D eigenvalue weighted by Crippen LogP contribution is 2.28. The van der Waals surface area contributed by atoms with Gasteiger partial charge in [-0.1, -0.05) is 0 Å². The number of alkyl halides is 2. The average molecular weight is 366 g/mol. The summed E-state index contributed by atoms with van der Waals surface area (Å²) in [6, 6.07) is 5.13. The van der Waals surface area contributed by atoms with E-state index in [0.717, 1.165) is 0 Å². The molecular formula is C17H20F2N4O3. The third-order valence-electron chi connectivity index (χ3n) is 4.00. The van der Waals surface area contributed by atoms with E-state index in [9.17, 15) is 18.4 Å². The summed E-state index contributed by atoms with van der Waals surface area (Å²) in [4.78, 5) is 25.9. The third-order valence-corrected chi connectivity index (χ3v) is 4.00. The molecule has 1 fully saturated rings. The van der Waals surface area contributed by atoms with Gasteiger partial charge in [0.1, 0.15) is 5.75 Å². The molecule has 0 aliphatic carbocycles. The Bertz CT molecular complexity index is 706. The number of likely N-dealkylation sites (tertiary alicyclic amines) is 1. The number of hydrogen-bond acceptors (Lipinski definition) is 4. The molecular weight excluding hydrogens is 346 g/mol. The Balaban J connectivity index is 2.11. The topological polar surface area (TPSA) is 94.5 Å². The molecule has 1 aromatic carbocycles. The summed E-state index contributed by atoms with van der Waals surface area (Å²) in [6.45, 7) is -0.0456. The Hall–Kier alpha value is -2.89. The number of halogens is 2. The fraction of sp³-hybridized carbons (Fsp3) is 0.471. The summed E-state index contributed by atoms with van der Waals surface area (Å²) in [6.07, 6.45) is 1.34. The van der Waals surface area contributed by atoms with Crippen LogP contribution in [0, 0.1) is 17.2 Å². The van der Waals surface area contributed by atoms with Crippen molar-refractivity contribution in [1.82, 2.24) is 10.2 Å². The van der Waals surface area contributed by atoms with E-state index in [4.69, 9.17) is 5.26 Å². The summed E-state index contributed by atoms with van der Waals surface area (Å²) in [5.74, 6) is -0.653. The van der Waals surface area contributed by atoms with Crippen LogP contribution in [0.5, 0.6) is 5.75 Å². The highest BCUT2D eigenvalue weighted by molar-refractivity contribution is 5.92. The molecule has 0 saturated carbocycles. The van der Waals surface area contributed by atoms with Gasteiger partial charge in [0.25, 0.3) is 0 Å². The predicted molar refractivity (Wildman–Crippen MR) is 89.8 cm³/mol. The summed E-state index contributed by atoms with van der Waals surface area (Å²) < 4.78 is 29.5. The van der Waals surface area contributed by atoms with Crippen molar-refractivity contribution in [2.75, 3.05) is 25.0 Å². The fourth-order valence-electron chi connectivity index (χ4n) is 2.78. The van der Waals surface area contributed by atoms with Gasteiger partial charge in [0, 0.05) is 19.6 Å². The maximum Gasteiger partial charge on any atom is 0.387 e. The zero-order valence-corrected chi connectivity index (χ0v) is 14.3. The quantitative estimate of drug-likeness (QED) is 0.837. The number of benzene rings is 1. The molecule has 1 aliphatic rings. The van der Waals surface area contributed by atoms with E-state index in [1.807, 2.05) is 13.0 Å². The van der Waals surface area contributed by atoms with Gasteiger partial charge in [0.05, 0.1) is 23.2 Å². The van der Waals surface area contributed by atoms with Gasteiger partial charge in [-0.3, -0.25) is 4.79 Å². The molecule has 0 radical (unpaired) electrons. The first-order valence-electron chi connectivity index (χ1n) is 8.27. The van der Waals surface area contributed by atoms with Crippen LogP contribution in [-0.4, -0.2) is 43.1 Å². The van der Waals surface area contributed by atoms with Crippen molar-refractivity contribution >= 4 is 17.6 Å². The van der Waals surface area contributed by atoms with Crippen LogP contribution in [0.4, 0.5) is 19.3 Å². The summed E-state index contributed by atoms with van der Waals surface area (Å²) in [7, 11) is 0. The van der Waals surface area contributed by atoms with Crippen LogP contribution in [0.1, 0.15) is 25.3 Å². The number of rotatable bonds is 5. The minimum atomic E-state index is -3.06. The van der Waals surface area contributed by atoms with Crippen molar-refractivity contribution in [3.8, 4) is 11.8 Å². The first-order valence-corrected chi connectivity index (χ1v) is 8.27. The Morgan fingerprint density at radius 1 is 1.46 bits per heavy atom. The largest absolute Gasteiger partial charge is 0.433 e. The smallest absolute Gasteiger partial charge is 0.387 e. The van der Waals surface area contributed by atoms with Crippen molar-refractivity contribution < 1.29 is 23.1 Å².